The second kappa shape index (κ2) is 29.2. The van der Waals surface area contributed by atoms with Crippen molar-refractivity contribution in [1.82, 2.24) is 0 Å². The summed E-state index contributed by atoms with van der Waals surface area (Å²) in [4.78, 5) is 0. The van der Waals surface area contributed by atoms with Gasteiger partial charge in [0.15, 0.2) is 0 Å². The van der Waals surface area contributed by atoms with Gasteiger partial charge in [-0.1, -0.05) is 84.1 Å². The first-order valence-corrected chi connectivity index (χ1v) is 4.54. The van der Waals surface area contributed by atoms with Crippen LogP contribution in [0.1, 0.15) is 84.1 Å². The quantitative estimate of drug-likeness (QED) is 0.476. The molecule has 0 heteroatoms. The maximum atomic E-state index is 2.22. The number of hydrogen-bond donors (Lipinski definition) is 0. The van der Waals surface area contributed by atoms with E-state index < -0.39 is 0 Å². The lowest BCUT2D eigenvalue weighted by molar-refractivity contribution is 0.626. The zero-order chi connectivity index (χ0) is 8.57. The predicted octanol–water partition coefficient (Wildman–Crippen LogP) is 6.65. The van der Waals surface area contributed by atoms with Crippen molar-refractivity contribution >= 4 is 0 Å². The van der Waals surface area contributed by atoms with E-state index in [1.165, 1.54) is 12.8 Å². The van der Waals surface area contributed by atoms with Crippen molar-refractivity contribution in [3.05, 3.63) is 0 Å². The molecule has 0 aromatic rings. The topological polar surface area (TPSA) is 0 Å². The number of hydrogen-bond acceptors (Lipinski definition) is 0. The van der Waals surface area contributed by atoms with Crippen LogP contribution in [0, 0.1) is 11.8 Å². The summed E-state index contributed by atoms with van der Waals surface area (Å²) in [5.74, 6) is 1.77. The molecule has 0 aromatic heterocycles. The fourth-order valence-corrected chi connectivity index (χ4v) is 0. The first kappa shape index (κ1) is 37.0. The van der Waals surface area contributed by atoms with Crippen LogP contribution in [-0.2, 0) is 0 Å². The van der Waals surface area contributed by atoms with Crippen LogP contribution in [-0.4, -0.2) is 0 Å². The molecule has 0 nitrogen and oxygen atoms in total. The second-order valence-electron chi connectivity index (χ2n) is 3.60. The van der Waals surface area contributed by atoms with Gasteiger partial charge in [0.2, 0.25) is 0 Å². The van der Waals surface area contributed by atoms with E-state index in [4.69, 9.17) is 0 Å². The monoisotopic (exact) mass is 208 g/mol. The Morgan fingerprint density at radius 2 is 0.643 bits per heavy atom. The van der Waals surface area contributed by atoms with E-state index in [-0.39, 0.29) is 29.7 Å². The van der Waals surface area contributed by atoms with Crippen molar-refractivity contribution in [2.24, 2.45) is 11.8 Å². The smallest absolute Gasteiger partial charge is 0.0474 e. The molecule has 14 heavy (non-hydrogen) atoms. The predicted molar refractivity (Wildman–Crippen MR) is 77.2 cm³/mol. The minimum absolute atomic E-state index is 0. The van der Waals surface area contributed by atoms with Crippen molar-refractivity contribution in [2.75, 3.05) is 0 Å². The van der Waals surface area contributed by atoms with E-state index in [9.17, 15) is 0 Å². The molecule has 0 aliphatic carbocycles. The van der Waals surface area contributed by atoms with E-state index in [2.05, 4.69) is 41.5 Å². The minimum Gasteiger partial charge on any atom is -0.0776 e. The lowest BCUT2D eigenvalue weighted by Gasteiger charge is -1.90. The minimum atomic E-state index is 0. The molecule has 0 heterocycles. The maximum Gasteiger partial charge on any atom is -0.0474 e. The van der Waals surface area contributed by atoms with Gasteiger partial charge in [-0.05, 0) is 11.8 Å². The molecular weight excluding hydrogens is 168 g/mol. The third kappa shape index (κ3) is 90.8. The summed E-state index contributed by atoms with van der Waals surface area (Å²) in [5.41, 5.74) is 0. The third-order valence-electron chi connectivity index (χ3n) is 1.63. The van der Waals surface area contributed by atoms with Gasteiger partial charge >= 0.3 is 0 Å². The Morgan fingerprint density at radius 1 is 0.571 bits per heavy atom. The van der Waals surface area contributed by atoms with Crippen LogP contribution in [0.25, 0.3) is 0 Å². The van der Waals surface area contributed by atoms with Crippen molar-refractivity contribution in [3.63, 3.8) is 0 Å². The van der Waals surface area contributed by atoms with E-state index in [0.717, 1.165) is 11.8 Å². The highest BCUT2D eigenvalue weighted by Crippen LogP contribution is 1.94. The lowest BCUT2D eigenvalue weighted by atomic mass is 10.2. The fraction of sp³-hybridized carbons (Fsp3) is 1.00. The van der Waals surface area contributed by atoms with Gasteiger partial charge in [0.05, 0.1) is 0 Å². The molecule has 0 saturated heterocycles. The summed E-state index contributed by atoms with van der Waals surface area (Å²) in [5, 5.41) is 0. The zero-order valence-corrected chi connectivity index (χ0v) is 8.57. The van der Waals surface area contributed by atoms with Crippen LogP contribution in [0.5, 0.6) is 0 Å². The highest BCUT2D eigenvalue weighted by atomic mass is 13.9. The van der Waals surface area contributed by atoms with Crippen molar-refractivity contribution < 1.29 is 0 Å². The molecule has 0 saturated carbocycles. The normalized spacial score (nSPS) is 6.86. The van der Waals surface area contributed by atoms with Gasteiger partial charge < -0.3 is 0 Å². The van der Waals surface area contributed by atoms with Gasteiger partial charge in [-0.25, -0.2) is 0 Å². The molecule has 0 aromatic carbocycles. The standard InChI is InChI=1S/2C5H12.4CH4/c2*1-4-5(2)3;;;;/h2*5H,4H2,1-3H3;4*1H4. The van der Waals surface area contributed by atoms with Crippen LogP contribution >= 0.6 is 0 Å². The highest BCUT2D eigenvalue weighted by Gasteiger charge is 1.80. The van der Waals surface area contributed by atoms with Gasteiger partial charge in [-0.3, -0.25) is 0 Å². The van der Waals surface area contributed by atoms with E-state index in [1.54, 1.807) is 0 Å². The molecule has 0 spiro atoms. The molecule has 0 rings (SSSR count). The van der Waals surface area contributed by atoms with Gasteiger partial charge in [-0.2, -0.15) is 0 Å². The van der Waals surface area contributed by atoms with Crippen LogP contribution in [0.2, 0.25) is 0 Å². The Morgan fingerprint density at radius 3 is 0.643 bits per heavy atom. The Kier molecular flexibility index (Phi) is 77.2. The summed E-state index contributed by atoms with van der Waals surface area (Å²) < 4.78 is 0. The first-order valence-electron chi connectivity index (χ1n) is 4.54. The molecule has 0 N–H and O–H groups in total. The Hall–Kier alpha value is 0. The molecule has 0 unspecified atom stereocenters. The molecule has 0 amide bonds. The largest absolute Gasteiger partial charge is 0.0776 e. The Labute approximate surface area is 96.5 Å². The van der Waals surface area contributed by atoms with Crippen LogP contribution < -0.4 is 0 Å². The third-order valence-corrected chi connectivity index (χ3v) is 1.63. The van der Waals surface area contributed by atoms with E-state index in [1.807, 2.05) is 0 Å². The average molecular weight is 208 g/mol. The zero-order valence-electron chi connectivity index (χ0n) is 8.57. The molecule has 0 aliphatic heterocycles. The molecule has 96 valence electrons. The van der Waals surface area contributed by atoms with Crippen LogP contribution in [0.15, 0.2) is 0 Å². The van der Waals surface area contributed by atoms with Crippen molar-refractivity contribution in [3.8, 4) is 0 Å². The first-order chi connectivity index (χ1) is 4.54. The maximum absolute atomic E-state index is 2.22. The van der Waals surface area contributed by atoms with E-state index in [0.29, 0.717) is 0 Å². The van der Waals surface area contributed by atoms with Gasteiger partial charge in [-0.15, -0.1) is 0 Å². The van der Waals surface area contributed by atoms with Crippen molar-refractivity contribution in [2.45, 2.75) is 84.1 Å². The molecule has 0 fully saturated rings. The molecule has 0 radical (unpaired) electrons. The van der Waals surface area contributed by atoms with Gasteiger partial charge in [0, 0.05) is 0 Å². The molecule has 0 bridgehead atoms. The molecule has 0 aliphatic rings. The Balaban J connectivity index is -0.0000000178. The van der Waals surface area contributed by atoms with Crippen molar-refractivity contribution in [1.29, 1.82) is 0 Å². The lowest BCUT2D eigenvalue weighted by Crippen LogP contribution is -1.77. The van der Waals surface area contributed by atoms with Gasteiger partial charge in [0.1, 0.15) is 0 Å². The SMILES string of the molecule is C.C.C.C.CCC(C)C.CCC(C)C. The molecule has 0 atom stereocenters. The second-order valence-corrected chi connectivity index (χ2v) is 3.60. The summed E-state index contributed by atoms with van der Waals surface area (Å²) >= 11 is 0. The summed E-state index contributed by atoms with van der Waals surface area (Å²) in [6, 6.07) is 0. The Bertz CT molecular complexity index is 36.0. The van der Waals surface area contributed by atoms with Gasteiger partial charge in [0.25, 0.3) is 0 Å². The molecular formula is C14H40. The summed E-state index contributed by atoms with van der Waals surface area (Å²) in [6.45, 7) is 13.3. The highest BCUT2D eigenvalue weighted by molar-refractivity contribution is 4.33. The fourth-order valence-electron chi connectivity index (χ4n) is 0. The van der Waals surface area contributed by atoms with Crippen LogP contribution in [0.3, 0.4) is 0 Å². The number of rotatable bonds is 2. The van der Waals surface area contributed by atoms with E-state index >= 15 is 0 Å². The summed E-state index contributed by atoms with van der Waals surface area (Å²) in [7, 11) is 0. The average Bonchev–Trinajstić information content (AvgIpc) is 1.89. The van der Waals surface area contributed by atoms with Crippen LogP contribution in [0.4, 0.5) is 0 Å². The summed E-state index contributed by atoms with van der Waals surface area (Å²) in [6.07, 6.45) is 2.61.